The molecule has 0 radical (unpaired) electrons. The Morgan fingerprint density at radius 3 is 2.71 bits per heavy atom. The van der Waals surface area contributed by atoms with E-state index >= 15 is 0 Å². The highest BCUT2D eigenvalue weighted by molar-refractivity contribution is 5.76. The summed E-state index contributed by atoms with van der Waals surface area (Å²) in [4.78, 5) is 14.2. The zero-order chi connectivity index (χ0) is 17.5. The number of likely N-dealkylation sites (tertiary alicyclic amines) is 1. The van der Waals surface area contributed by atoms with E-state index in [1.54, 1.807) is 0 Å². The van der Waals surface area contributed by atoms with Crippen molar-refractivity contribution in [3.05, 3.63) is 42.0 Å². The van der Waals surface area contributed by atoms with Crippen LogP contribution in [0.25, 0.3) is 5.57 Å². The average molecular weight is 331 g/mol. The van der Waals surface area contributed by atoms with Gasteiger partial charge in [-0.1, -0.05) is 50.3 Å². The maximum Gasteiger partial charge on any atom is 0.323 e. The summed E-state index contributed by atoms with van der Waals surface area (Å²) in [5, 5.41) is 9.92. The van der Waals surface area contributed by atoms with Crippen molar-refractivity contribution in [2.45, 2.75) is 45.3 Å². The first-order chi connectivity index (χ1) is 11.5. The fourth-order valence-corrected chi connectivity index (χ4v) is 3.09. The van der Waals surface area contributed by atoms with Gasteiger partial charge in [-0.15, -0.1) is 0 Å². The van der Waals surface area contributed by atoms with Gasteiger partial charge in [-0.2, -0.15) is 0 Å². The maximum absolute atomic E-state index is 12.1. The zero-order valence-electron chi connectivity index (χ0n) is 14.9. The summed E-state index contributed by atoms with van der Waals surface area (Å²) in [6, 6.07) is 9.94. The standard InChI is InChI=1S/C20H29NO3/c1-15(2)9-10-17(16-7-5-4-6-8-16)14-21-12-11-18(22)13-19(21)20(23)24-3/h4-8,10,15,18-19,22H,9,11-14H2,1-3H3/b17-10+/t18-,19+/m0/s1. The highest BCUT2D eigenvalue weighted by Gasteiger charge is 2.33. The first kappa shape index (κ1) is 18.7. The molecule has 4 nitrogen and oxygen atoms in total. The summed E-state index contributed by atoms with van der Waals surface area (Å²) >= 11 is 0. The van der Waals surface area contributed by atoms with Gasteiger partial charge in [0.15, 0.2) is 0 Å². The Morgan fingerprint density at radius 1 is 1.38 bits per heavy atom. The van der Waals surface area contributed by atoms with Crippen LogP contribution in [0.15, 0.2) is 36.4 Å². The number of piperidine rings is 1. The first-order valence-electron chi connectivity index (χ1n) is 8.75. The molecule has 0 amide bonds. The SMILES string of the molecule is COC(=O)[C@H]1C[C@@H](O)CCN1C/C(=C\CC(C)C)c1ccccc1. The predicted molar refractivity (Wildman–Crippen MR) is 96.5 cm³/mol. The van der Waals surface area contributed by atoms with E-state index in [4.69, 9.17) is 4.74 Å². The molecule has 2 atom stereocenters. The number of carbonyl (C=O) groups is 1. The molecule has 1 saturated heterocycles. The van der Waals surface area contributed by atoms with Gasteiger partial charge in [0.1, 0.15) is 6.04 Å². The summed E-state index contributed by atoms with van der Waals surface area (Å²) < 4.78 is 4.94. The number of benzene rings is 1. The number of hydrogen-bond donors (Lipinski definition) is 1. The van der Waals surface area contributed by atoms with Gasteiger partial charge in [0.2, 0.25) is 0 Å². The zero-order valence-corrected chi connectivity index (χ0v) is 14.9. The maximum atomic E-state index is 12.1. The lowest BCUT2D eigenvalue weighted by Gasteiger charge is -2.36. The topological polar surface area (TPSA) is 49.8 Å². The highest BCUT2D eigenvalue weighted by atomic mass is 16.5. The molecule has 0 bridgehead atoms. The summed E-state index contributed by atoms with van der Waals surface area (Å²) in [6.45, 7) is 5.80. The van der Waals surface area contributed by atoms with E-state index in [0.717, 1.165) is 6.42 Å². The summed E-state index contributed by atoms with van der Waals surface area (Å²) in [5.41, 5.74) is 2.42. The van der Waals surface area contributed by atoms with Gasteiger partial charge >= 0.3 is 5.97 Å². The van der Waals surface area contributed by atoms with Crippen LogP contribution in [0.5, 0.6) is 0 Å². The molecule has 0 spiro atoms. The molecule has 1 aliphatic rings. The van der Waals surface area contributed by atoms with Gasteiger partial charge < -0.3 is 9.84 Å². The molecule has 1 fully saturated rings. The van der Waals surface area contributed by atoms with Crippen molar-refractivity contribution in [3.63, 3.8) is 0 Å². The molecule has 0 aromatic heterocycles. The Morgan fingerprint density at radius 2 is 2.08 bits per heavy atom. The number of methoxy groups -OCH3 is 1. The number of nitrogens with zero attached hydrogens (tertiary/aromatic N) is 1. The molecule has 0 saturated carbocycles. The molecule has 1 heterocycles. The number of hydrogen-bond acceptors (Lipinski definition) is 4. The molecule has 1 aromatic rings. The van der Waals surface area contributed by atoms with E-state index in [-0.39, 0.29) is 12.0 Å². The molecular weight excluding hydrogens is 302 g/mol. The lowest BCUT2D eigenvalue weighted by molar-refractivity contribution is -0.149. The normalized spacial score (nSPS) is 22.6. The molecular formula is C20H29NO3. The van der Waals surface area contributed by atoms with Crippen LogP contribution in [-0.4, -0.2) is 48.3 Å². The minimum atomic E-state index is -0.426. The smallest absolute Gasteiger partial charge is 0.323 e. The molecule has 1 aliphatic heterocycles. The quantitative estimate of drug-likeness (QED) is 0.814. The molecule has 1 aromatic carbocycles. The Kier molecular flexibility index (Phi) is 7.00. The Hall–Kier alpha value is -1.65. The van der Waals surface area contributed by atoms with Gasteiger partial charge in [0.25, 0.3) is 0 Å². The van der Waals surface area contributed by atoms with Crippen LogP contribution in [0.1, 0.15) is 38.7 Å². The molecule has 2 rings (SSSR count). The minimum absolute atomic E-state index is 0.259. The van der Waals surface area contributed by atoms with Crippen LogP contribution >= 0.6 is 0 Å². The van der Waals surface area contributed by atoms with Gasteiger partial charge in [-0.3, -0.25) is 9.69 Å². The van der Waals surface area contributed by atoms with Crippen molar-refractivity contribution in [1.29, 1.82) is 0 Å². The first-order valence-corrected chi connectivity index (χ1v) is 8.75. The van der Waals surface area contributed by atoms with Crippen LogP contribution in [0.4, 0.5) is 0 Å². The average Bonchev–Trinajstić information content (AvgIpc) is 2.59. The minimum Gasteiger partial charge on any atom is -0.468 e. The number of carbonyl (C=O) groups excluding carboxylic acids is 1. The second-order valence-corrected chi connectivity index (χ2v) is 6.91. The Labute approximate surface area is 145 Å². The Balaban J connectivity index is 2.20. The van der Waals surface area contributed by atoms with Crippen molar-refractivity contribution < 1.29 is 14.6 Å². The molecule has 0 unspecified atom stereocenters. The van der Waals surface area contributed by atoms with Gasteiger partial charge in [-0.05, 0) is 36.3 Å². The van der Waals surface area contributed by atoms with E-state index in [2.05, 4.69) is 37.0 Å². The third-order valence-electron chi connectivity index (χ3n) is 4.51. The predicted octanol–water partition coefficient (Wildman–Crippen LogP) is 3.11. The van der Waals surface area contributed by atoms with Gasteiger partial charge in [-0.25, -0.2) is 0 Å². The number of aliphatic hydroxyl groups is 1. The van der Waals surface area contributed by atoms with Crippen molar-refractivity contribution in [1.82, 2.24) is 4.90 Å². The van der Waals surface area contributed by atoms with E-state index in [1.807, 2.05) is 18.2 Å². The van der Waals surface area contributed by atoms with Gasteiger partial charge in [0.05, 0.1) is 13.2 Å². The number of rotatable bonds is 6. The van der Waals surface area contributed by atoms with Crippen LogP contribution in [0, 0.1) is 5.92 Å². The highest BCUT2D eigenvalue weighted by Crippen LogP contribution is 2.24. The Bertz CT molecular complexity index is 553. The van der Waals surface area contributed by atoms with Crippen molar-refractivity contribution in [3.8, 4) is 0 Å². The third kappa shape index (κ3) is 5.18. The van der Waals surface area contributed by atoms with E-state index in [0.29, 0.717) is 31.8 Å². The van der Waals surface area contributed by atoms with Crippen LogP contribution in [-0.2, 0) is 9.53 Å². The monoisotopic (exact) mass is 331 g/mol. The molecule has 132 valence electrons. The lowest BCUT2D eigenvalue weighted by atomic mass is 9.96. The number of esters is 1. The molecule has 0 aliphatic carbocycles. The second-order valence-electron chi connectivity index (χ2n) is 6.91. The van der Waals surface area contributed by atoms with Crippen LogP contribution < -0.4 is 0 Å². The summed E-state index contributed by atoms with van der Waals surface area (Å²) in [7, 11) is 1.41. The lowest BCUT2D eigenvalue weighted by Crippen LogP contribution is -2.49. The van der Waals surface area contributed by atoms with E-state index in [9.17, 15) is 9.90 Å². The van der Waals surface area contributed by atoms with Crippen LogP contribution in [0.2, 0.25) is 0 Å². The molecule has 4 heteroatoms. The van der Waals surface area contributed by atoms with Crippen molar-refractivity contribution >= 4 is 11.5 Å². The summed E-state index contributed by atoms with van der Waals surface area (Å²) in [6.07, 6.45) is 3.99. The number of aliphatic hydroxyl groups excluding tert-OH is 1. The largest absolute Gasteiger partial charge is 0.468 e. The van der Waals surface area contributed by atoms with E-state index < -0.39 is 6.10 Å². The van der Waals surface area contributed by atoms with Crippen LogP contribution in [0.3, 0.4) is 0 Å². The fourth-order valence-electron chi connectivity index (χ4n) is 3.09. The van der Waals surface area contributed by atoms with E-state index in [1.165, 1.54) is 18.2 Å². The second kappa shape index (κ2) is 9.00. The van der Waals surface area contributed by atoms with Crippen molar-refractivity contribution in [2.24, 2.45) is 5.92 Å². The van der Waals surface area contributed by atoms with Crippen molar-refractivity contribution in [2.75, 3.05) is 20.2 Å². The van der Waals surface area contributed by atoms with Gasteiger partial charge in [0, 0.05) is 13.1 Å². The third-order valence-corrected chi connectivity index (χ3v) is 4.51. The fraction of sp³-hybridized carbons (Fsp3) is 0.550. The number of ether oxygens (including phenoxy) is 1. The molecule has 24 heavy (non-hydrogen) atoms. The number of allylic oxidation sites excluding steroid dienone is 1. The molecule has 1 N–H and O–H groups in total. The summed E-state index contributed by atoms with van der Waals surface area (Å²) in [5.74, 6) is 0.327.